The average Bonchev–Trinajstić information content (AvgIpc) is 3.40. The fraction of sp³-hybridized carbons (Fsp3) is 0.500. The van der Waals surface area contributed by atoms with Crippen LogP contribution in [0.5, 0.6) is 0 Å². The van der Waals surface area contributed by atoms with Crippen LogP contribution in [0.4, 0.5) is 4.39 Å². The molecule has 0 radical (unpaired) electrons. The number of hydrogen-bond acceptors (Lipinski definition) is 5. The molecule has 1 unspecified atom stereocenters. The van der Waals surface area contributed by atoms with Gasteiger partial charge in [0, 0.05) is 31.2 Å². The van der Waals surface area contributed by atoms with Gasteiger partial charge in [-0.15, -0.1) is 11.3 Å². The molecule has 0 saturated heterocycles. The van der Waals surface area contributed by atoms with E-state index in [0.717, 1.165) is 54.0 Å². The summed E-state index contributed by atoms with van der Waals surface area (Å²) in [6.45, 7) is 1.89. The van der Waals surface area contributed by atoms with Crippen LogP contribution in [0.15, 0.2) is 17.3 Å². The first-order chi connectivity index (χ1) is 16.2. The maximum atomic E-state index is 13.9. The molecule has 5 rings (SSSR count). The van der Waals surface area contributed by atoms with E-state index in [2.05, 4.69) is 5.16 Å². The summed E-state index contributed by atoms with van der Waals surface area (Å²) in [5.74, 6) is 0.143. The van der Waals surface area contributed by atoms with Crippen molar-refractivity contribution in [2.24, 2.45) is 11.1 Å². The summed E-state index contributed by atoms with van der Waals surface area (Å²) in [5, 5.41) is 4.32. The fourth-order valence-corrected chi connectivity index (χ4v) is 7.14. The van der Waals surface area contributed by atoms with Gasteiger partial charge in [-0.3, -0.25) is 9.59 Å². The molecule has 0 amide bonds. The van der Waals surface area contributed by atoms with Gasteiger partial charge in [-0.05, 0) is 74.6 Å². The number of rotatable bonds is 5. The van der Waals surface area contributed by atoms with Crippen LogP contribution >= 0.6 is 34.5 Å². The number of carbonyl (C=O) groups excluding carboxylic acids is 2. The maximum absolute atomic E-state index is 13.9. The van der Waals surface area contributed by atoms with Gasteiger partial charge in [0.15, 0.2) is 17.2 Å². The van der Waals surface area contributed by atoms with Gasteiger partial charge in [0.2, 0.25) is 0 Å². The highest BCUT2D eigenvalue weighted by Crippen LogP contribution is 2.43. The van der Waals surface area contributed by atoms with Gasteiger partial charge in [0.25, 0.3) is 0 Å². The normalized spacial score (nSPS) is 22.9. The molecule has 0 spiro atoms. The Kier molecular flexibility index (Phi) is 6.60. The highest BCUT2D eigenvalue weighted by Gasteiger charge is 2.40. The van der Waals surface area contributed by atoms with Gasteiger partial charge >= 0.3 is 0 Å². The van der Waals surface area contributed by atoms with Crippen LogP contribution < -0.4 is 0 Å². The molecular weight excluding hydrogens is 496 g/mol. The van der Waals surface area contributed by atoms with Gasteiger partial charge in [0.1, 0.15) is 11.5 Å². The van der Waals surface area contributed by atoms with Gasteiger partial charge in [0.05, 0.1) is 19.8 Å². The van der Waals surface area contributed by atoms with Gasteiger partial charge < -0.3 is 4.84 Å². The van der Waals surface area contributed by atoms with E-state index in [0.29, 0.717) is 42.9 Å². The molecule has 3 aliphatic rings. The summed E-state index contributed by atoms with van der Waals surface area (Å²) in [5.41, 5.74) is 3.05. The van der Waals surface area contributed by atoms with Crippen molar-refractivity contribution in [2.45, 2.75) is 76.7 Å². The molecular formula is C26H26Cl2FNO3S. The van der Waals surface area contributed by atoms with Crippen molar-refractivity contribution in [3.8, 4) is 0 Å². The van der Waals surface area contributed by atoms with E-state index >= 15 is 0 Å². The fourth-order valence-electron chi connectivity index (χ4n) is 5.33. The third-order valence-electron chi connectivity index (χ3n) is 7.33. The van der Waals surface area contributed by atoms with Crippen LogP contribution in [-0.4, -0.2) is 17.3 Å². The SMILES string of the molecule is CC1(c2cc(Cl)c(F)c(Cl)c2)CC(c2sc(C(=O)CC3CCC(=O)CC3)c3c2CCCC3)=NO1. The Balaban J connectivity index is 1.41. The number of hydrogen-bond donors (Lipinski definition) is 0. The second-order valence-electron chi connectivity index (χ2n) is 9.82. The zero-order chi connectivity index (χ0) is 24.0. The van der Waals surface area contributed by atoms with Crippen LogP contribution in [0.1, 0.15) is 89.5 Å². The van der Waals surface area contributed by atoms with Crippen molar-refractivity contribution in [1.29, 1.82) is 0 Å². The van der Waals surface area contributed by atoms with Crippen molar-refractivity contribution in [3.63, 3.8) is 0 Å². The van der Waals surface area contributed by atoms with Gasteiger partial charge in [-0.1, -0.05) is 28.4 Å². The second kappa shape index (κ2) is 9.36. The Morgan fingerprint density at radius 2 is 1.79 bits per heavy atom. The van der Waals surface area contributed by atoms with E-state index in [1.807, 2.05) is 6.92 Å². The molecule has 1 aromatic carbocycles. The predicted molar refractivity (Wildman–Crippen MR) is 133 cm³/mol. The highest BCUT2D eigenvalue weighted by molar-refractivity contribution is 7.16. The van der Waals surface area contributed by atoms with E-state index < -0.39 is 11.4 Å². The Morgan fingerprint density at radius 1 is 1.15 bits per heavy atom. The number of benzene rings is 1. The van der Waals surface area contributed by atoms with Crippen molar-refractivity contribution >= 4 is 51.8 Å². The summed E-state index contributed by atoms with van der Waals surface area (Å²) in [4.78, 5) is 32.7. The van der Waals surface area contributed by atoms with Crippen LogP contribution in [0.2, 0.25) is 10.0 Å². The highest BCUT2D eigenvalue weighted by atomic mass is 35.5. The quantitative estimate of drug-likeness (QED) is 0.303. The van der Waals surface area contributed by atoms with Crippen molar-refractivity contribution in [2.75, 3.05) is 0 Å². The lowest BCUT2D eigenvalue weighted by molar-refractivity contribution is -0.121. The first-order valence-electron chi connectivity index (χ1n) is 11.8. The van der Waals surface area contributed by atoms with Crippen molar-refractivity contribution in [3.05, 3.63) is 54.4 Å². The second-order valence-corrected chi connectivity index (χ2v) is 11.7. The average molecular weight is 522 g/mol. The topological polar surface area (TPSA) is 55.7 Å². The van der Waals surface area contributed by atoms with Gasteiger partial charge in [-0.25, -0.2) is 4.39 Å². The molecule has 1 aliphatic heterocycles. The molecule has 2 aromatic rings. The molecule has 0 bridgehead atoms. The molecule has 1 atom stereocenters. The van der Waals surface area contributed by atoms with Crippen molar-refractivity contribution < 1.29 is 18.8 Å². The smallest absolute Gasteiger partial charge is 0.173 e. The van der Waals surface area contributed by atoms with Crippen LogP contribution in [-0.2, 0) is 28.1 Å². The summed E-state index contributed by atoms with van der Waals surface area (Å²) < 4.78 is 13.9. The van der Waals surface area contributed by atoms with E-state index in [1.165, 1.54) is 34.6 Å². The monoisotopic (exact) mass is 521 g/mol. The number of oxime groups is 1. The molecule has 1 aromatic heterocycles. The number of fused-ring (bicyclic) bond motifs is 1. The lowest BCUT2D eigenvalue weighted by Gasteiger charge is -2.22. The summed E-state index contributed by atoms with van der Waals surface area (Å²) >= 11 is 13.6. The van der Waals surface area contributed by atoms with Crippen LogP contribution in [0.3, 0.4) is 0 Å². The third-order valence-corrected chi connectivity index (χ3v) is 9.24. The standard InChI is InChI=1S/C26H26Cl2FNO3S/c1-26(15-11-19(27)23(29)20(28)12-15)13-21(30-33-26)24-17-4-2-3-5-18(17)25(34-24)22(32)10-14-6-8-16(31)9-7-14/h11-12,14H,2-10,13H2,1H3. The Hall–Kier alpha value is -1.76. The van der Waals surface area contributed by atoms with E-state index in [1.54, 1.807) is 0 Å². The number of Topliss-reactive ketones (excluding diaryl/α,β-unsaturated/α-hetero) is 2. The van der Waals surface area contributed by atoms with Crippen LogP contribution in [0.25, 0.3) is 0 Å². The minimum atomic E-state index is -0.819. The number of ketones is 2. The lowest BCUT2D eigenvalue weighted by Crippen LogP contribution is -2.22. The number of halogens is 3. The van der Waals surface area contributed by atoms with Gasteiger partial charge in [-0.2, -0.15) is 0 Å². The molecule has 1 fully saturated rings. The zero-order valence-corrected chi connectivity index (χ0v) is 21.3. The first kappa shape index (κ1) is 24.0. The zero-order valence-electron chi connectivity index (χ0n) is 19.0. The maximum Gasteiger partial charge on any atom is 0.173 e. The largest absolute Gasteiger partial charge is 0.384 e. The predicted octanol–water partition coefficient (Wildman–Crippen LogP) is 7.44. The molecule has 8 heteroatoms. The molecule has 2 heterocycles. The minimum Gasteiger partial charge on any atom is -0.384 e. The van der Waals surface area contributed by atoms with E-state index in [-0.39, 0.29) is 15.8 Å². The molecule has 0 N–H and O–H groups in total. The third kappa shape index (κ3) is 4.45. The first-order valence-corrected chi connectivity index (χ1v) is 13.4. The molecule has 180 valence electrons. The van der Waals surface area contributed by atoms with E-state index in [4.69, 9.17) is 28.0 Å². The van der Waals surface area contributed by atoms with E-state index in [9.17, 15) is 14.0 Å². The summed E-state index contributed by atoms with van der Waals surface area (Å²) in [6.07, 6.45) is 7.80. The Bertz CT molecular complexity index is 1170. The Labute approximate surface area is 212 Å². The molecule has 34 heavy (non-hydrogen) atoms. The molecule has 1 saturated carbocycles. The minimum absolute atomic E-state index is 0.0495. The van der Waals surface area contributed by atoms with Crippen molar-refractivity contribution in [1.82, 2.24) is 0 Å². The summed E-state index contributed by atoms with van der Waals surface area (Å²) in [7, 11) is 0. The Morgan fingerprint density at radius 3 is 2.47 bits per heavy atom. The summed E-state index contributed by atoms with van der Waals surface area (Å²) in [6, 6.07) is 3.07. The number of thiophene rings is 1. The lowest BCUT2D eigenvalue weighted by atomic mass is 9.83. The molecule has 4 nitrogen and oxygen atoms in total. The molecule has 2 aliphatic carbocycles. The number of nitrogens with zero attached hydrogens (tertiary/aromatic N) is 1. The number of carbonyl (C=O) groups is 2. The van der Waals surface area contributed by atoms with Crippen LogP contribution in [0, 0.1) is 11.7 Å².